The van der Waals surface area contributed by atoms with E-state index in [4.69, 9.17) is 11.6 Å². The monoisotopic (exact) mass is 349 g/mol. The Morgan fingerprint density at radius 3 is 2.53 bits per heavy atom. The lowest BCUT2D eigenvalue weighted by Gasteiger charge is -2.07. The topological polar surface area (TPSA) is 12.9 Å². The molecular weight excluding hydrogens is 342 g/mol. The summed E-state index contributed by atoms with van der Waals surface area (Å²) >= 11 is 11.2. The lowest BCUT2D eigenvalue weighted by Crippen LogP contribution is -1.83. The van der Waals surface area contributed by atoms with Crippen LogP contribution in [-0.2, 0) is 0 Å². The molecule has 4 heteroatoms. The van der Waals surface area contributed by atoms with Crippen LogP contribution in [0, 0.1) is 0 Å². The molecule has 0 atom stereocenters. The maximum Gasteiger partial charge on any atom is 0.130 e. The minimum Gasteiger partial charge on any atom is -0.236 e. The van der Waals surface area contributed by atoms with Crippen LogP contribution in [0.5, 0.6) is 0 Å². The van der Waals surface area contributed by atoms with Gasteiger partial charge in [0.2, 0.25) is 0 Å². The van der Waals surface area contributed by atoms with E-state index in [2.05, 4.69) is 39.1 Å². The van der Waals surface area contributed by atoms with Gasteiger partial charge in [-0.15, -0.1) is 0 Å². The molecule has 94 valence electrons. The number of hydrogen-bond donors (Lipinski definition) is 0. The van der Waals surface area contributed by atoms with Gasteiger partial charge in [-0.1, -0.05) is 57.5 Å². The average Bonchev–Trinajstić information content (AvgIpc) is 2.41. The van der Waals surface area contributed by atoms with E-state index < -0.39 is 0 Å². The fourth-order valence-corrected chi connectivity index (χ4v) is 3.34. The maximum absolute atomic E-state index is 6.08. The van der Waals surface area contributed by atoms with Crippen LogP contribution in [0.15, 0.2) is 68.9 Å². The number of benzene rings is 2. The first-order chi connectivity index (χ1) is 9.22. The summed E-state index contributed by atoms with van der Waals surface area (Å²) in [5.41, 5.74) is 0.926. The molecule has 1 nitrogen and oxygen atoms in total. The van der Waals surface area contributed by atoms with Crippen molar-refractivity contribution in [2.45, 2.75) is 9.79 Å². The zero-order valence-electron chi connectivity index (χ0n) is 9.81. The van der Waals surface area contributed by atoms with E-state index in [0.717, 1.165) is 20.3 Å². The highest BCUT2D eigenvalue weighted by molar-refractivity contribution is 9.10. The van der Waals surface area contributed by atoms with Crippen LogP contribution >= 0.6 is 39.3 Å². The summed E-state index contributed by atoms with van der Waals surface area (Å²) in [5, 5.41) is 1.65. The first kappa shape index (κ1) is 13.0. The number of halogens is 2. The second-order valence-corrected chi connectivity index (χ2v) is 6.43. The molecule has 0 bridgehead atoms. The lowest BCUT2D eigenvalue weighted by atomic mass is 10.2. The van der Waals surface area contributed by atoms with Crippen molar-refractivity contribution in [2.75, 3.05) is 0 Å². The molecule has 0 amide bonds. The predicted octanol–water partition coefficient (Wildman–Crippen LogP) is 5.80. The van der Waals surface area contributed by atoms with Crippen LogP contribution in [0.25, 0.3) is 10.9 Å². The first-order valence-corrected chi connectivity index (χ1v) is 7.70. The van der Waals surface area contributed by atoms with Gasteiger partial charge in [-0.3, -0.25) is 0 Å². The highest BCUT2D eigenvalue weighted by Gasteiger charge is 2.06. The predicted molar refractivity (Wildman–Crippen MR) is 85.0 cm³/mol. The standard InChI is InChI=1S/C15H9BrClNS/c16-10-5-7-11(8-6-10)19-14-9-15(17)18-13-4-2-1-3-12(13)14/h1-9H. The summed E-state index contributed by atoms with van der Waals surface area (Å²) in [5.74, 6) is 0. The molecule has 1 heterocycles. The van der Waals surface area contributed by atoms with Crippen molar-refractivity contribution in [1.29, 1.82) is 0 Å². The van der Waals surface area contributed by atoms with E-state index in [-0.39, 0.29) is 0 Å². The quantitative estimate of drug-likeness (QED) is 0.542. The molecule has 3 rings (SSSR count). The SMILES string of the molecule is Clc1cc(Sc2ccc(Br)cc2)c2ccccc2n1. The largest absolute Gasteiger partial charge is 0.236 e. The van der Waals surface area contributed by atoms with Crippen molar-refractivity contribution >= 4 is 50.2 Å². The molecule has 1 aromatic heterocycles. The Morgan fingerprint density at radius 2 is 1.74 bits per heavy atom. The maximum atomic E-state index is 6.08. The summed E-state index contributed by atoms with van der Waals surface area (Å²) in [6.07, 6.45) is 0. The highest BCUT2D eigenvalue weighted by atomic mass is 79.9. The van der Waals surface area contributed by atoms with Gasteiger partial charge in [0.05, 0.1) is 5.52 Å². The summed E-state index contributed by atoms with van der Waals surface area (Å²) in [6.45, 7) is 0. The van der Waals surface area contributed by atoms with Gasteiger partial charge >= 0.3 is 0 Å². The number of nitrogens with zero attached hydrogens (tertiary/aromatic N) is 1. The molecule has 0 radical (unpaired) electrons. The van der Waals surface area contributed by atoms with E-state index in [9.17, 15) is 0 Å². The minimum atomic E-state index is 0.526. The third-order valence-electron chi connectivity index (χ3n) is 2.69. The van der Waals surface area contributed by atoms with E-state index in [1.807, 2.05) is 36.4 Å². The zero-order valence-corrected chi connectivity index (χ0v) is 13.0. The third-order valence-corrected chi connectivity index (χ3v) is 4.48. The zero-order chi connectivity index (χ0) is 13.2. The van der Waals surface area contributed by atoms with Crippen LogP contribution in [0.1, 0.15) is 0 Å². The number of aromatic nitrogens is 1. The van der Waals surface area contributed by atoms with Gasteiger partial charge in [-0.25, -0.2) is 4.98 Å². The van der Waals surface area contributed by atoms with E-state index in [1.54, 1.807) is 11.8 Å². The van der Waals surface area contributed by atoms with Crippen molar-refractivity contribution in [1.82, 2.24) is 4.98 Å². The van der Waals surface area contributed by atoms with Crippen molar-refractivity contribution in [3.63, 3.8) is 0 Å². The Bertz CT molecular complexity index is 728. The van der Waals surface area contributed by atoms with Crippen LogP contribution in [0.3, 0.4) is 0 Å². The van der Waals surface area contributed by atoms with Crippen LogP contribution in [0.4, 0.5) is 0 Å². The van der Waals surface area contributed by atoms with Gasteiger partial charge in [0.15, 0.2) is 0 Å². The molecule has 2 aromatic carbocycles. The third kappa shape index (κ3) is 2.94. The molecule has 0 aliphatic carbocycles. The van der Waals surface area contributed by atoms with Crippen LogP contribution in [-0.4, -0.2) is 4.98 Å². The molecule has 19 heavy (non-hydrogen) atoms. The van der Waals surface area contributed by atoms with E-state index >= 15 is 0 Å². The normalized spacial score (nSPS) is 10.8. The fourth-order valence-electron chi connectivity index (χ4n) is 1.83. The summed E-state index contributed by atoms with van der Waals surface area (Å²) in [7, 11) is 0. The molecule has 0 aliphatic heterocycles. The summed E-state index contributed by atoms with van der Waals surface area (Å²) < 4.78 is 1.08. The Hall–Kier alpha value is -1.03. The Labute approximate surface area is 129 Å². The summed E-state index contributed by atoms with van der Waals surface area (Å²) in [4.78, 5) is 6.64. The van der Waals surface area contributed by atoms with Gasteiger partial charge in [-0.2, -0.15) is 0 Å². The summed E-state index contributed by atoms with van der Waals surface area (Å²) in [6, 6.07) is 18.2. The number of hydrogen-bond acceptors (Lipinski definition) is 2. The molecular formula is C15H9BrClNS. The molecule has 0 fully saturated rings. The van der Waals surface area contributed by atoms with Gasteiger partial charge in [-0.05, 0) is 36.4 Å². The second kappa shape index (κ2) is 5.53. The van der Waals surface area contributed by atoms with Crippen molar-refractivity contribution in [3.8, 4) is 0 Å². The number of pyridine rings is 1. The average molecular weight is 351 g/mol. The molecule has 3 aromatic rings. The van der Waals surface area contributed by atoms with Crippen molar-refractivity contribution in [3.05, 3.63) is 64.2 Å². The lowest BCUT2D eigenvalue weighted by molar-refractivity contribution is 1.34. The van der Waals surface area contributed by atoms with Crippen molar-refractivity contribution in [2.24, 2.45) is 0 Å². The van der Waals surface area contributed by atoms with Gasteiger partial charge in [0.25, 0.3) is 0 Å². The second-order valence-electron chi connectivity index (χ2n) is 4.02. The van der Waals surface area contributed by atoms with E-state index in [1.165, 1.54) is 4.90 Å². The molecule has 0 unspecified atom stereocenters. The van der Waals surface area contributed by atoms with Gasteiger partial charge < -0.3 is 0 Å². The van der Waals surface area contributed by atoms with Crippen molar-refractivity contribution < 1.29 is 0 Å². The highest BCUT2D eigenvalue weighted by Crippen LogP contribution is 2.34. The number of para-hydroxylation sites is 1. The smallest absolute Gasteiger partial charge is 0.130 e. The first-order valence-electron chi connectivity index (χ1n) is 5.71. The number of fused-ring (bicyclic) bond motifs is 1. The van der Waals surface area contributed by atoms with Gasteiger partial charge in [0, 0.05) is 19.6 Å². The Morgan fingerprint density at radius 1 is 1.00 bits per heavy atom. The number of rotatable bonds is 2. The van der Waals surface area contributed by atoms with Crippen LogP contribution in [0.2, 0.25) is 5.15 Å². The van der Waals surface area contributed by atoms with Gasteiger partial charge in [0.1, 0.15) is 5.15 Å². The molecule has 0 saturated carbocycles. The molecule has 0 aliphatic rings. The van der Waals surface area contributed by atoms with E-state index in [0.29, 0.717) is 5.15 Å². The Balaban J connectivity index is 2.07. The van der Waals surface area contributed by atoms with Crippen LogP contribution < -0.4 is 0 Å². The minimum absolute atomic E-state index is 0.526. The molecule has 0 spiro atoms. The molecule has 0 saturated heterocycles. The Kier molecular flexibility index (Phi) is 3.78. The fraction of sp³-hybridized carbons (Fsp3) is 0. The molecule has 0 N–H and O–H groups in total.